The lowest BCUT2D eigenvalue weighted by atomic mass is 10.3. The summed E-state index contributed by atoms with van der Waals surface area (Å²) in [6.07, 6.45) is 1.87. The molecule has 0 fully saturated rings. The van der Waals surface area contributed by atoms with Crippen LogP contribution >= 0.6 is 34.0 Å². The Labute approximate surface area is 152 Å². The monoisotopic (exact) mass is 370 g/mol. The van der Waals surface area contributed by atoms with Crippen molar-refractivity contribution in [2.45, 2.75) is 6.92 Å². The predicted octanol–water partition coefficient (Wildman–Crippen LogP) is 5.44. The summed E-state index contributed by atoms with van der Waals surface area (Å²) >= 11 is 5.24. The molecule has 1 aliphatic heterocycles. The highest BCUT2D eigenvalue weighted by molar-refractivity contribution is 7.26. The van der Waals surface area contributed by atoms with Crippen LogP contribution < -0.4 is 0 Å². The summed E-state index contributed by atoms with van der Waals surface area (Å²) in [4.78, 5) is 24.1. The van der Waals surface area contributed by atoms with Crippen molar-refractivity contribution in [1.82, 2.24) is 4.90 Å². The van der Waals surface area contributed by atoms with Crippen LogP contribution in [-0.4, -0.2) is 23.7 Å². The number of nitrogens with zero attached hydrogens (tertiary/aromatic N) is 2. The fraction of sp³-hybridized carbons (Fsp3) is 0.111. The Balaban J connectivity index is 1.61. The summed E-state index contributed by atoms with van der Waals surface area (Å²) in [5.41, 5.74) is 0.508. The molecule has 4 rings (SSSR count). The molecular weight excluding hydrogens is 356 g/mol. The van der Waals surface area contributed by atoms with Crippen LogP contribution in [0.3, 0.4) is 0 Å². The molecule has 0 spiro atoms. The van der Waals surface area contributed by atoms with Gasteiger partial charge in [-0.3, -0.25) is 9.69 Å². The highest BCUT2D eigenvalue weighted by atomic mass is 32.1. The molecule has 0 saturated carbocycles. The van der Waals surface area contributed by atoms with Crippen LogP contribution in [0, 0.1) is 0 Å². The van der Waals surface area contributed by atoms with Gasteiger partial charge in [-0.2, -0.15) is 0 Å². The molecule has 0 aromatic carbocycles. The van der Waals surface area contributed by atoms with Crippen LogP contribution in [0.15, 0.2) is 52.5 Å². The SMILES string of the molecule is CC1=N/C(=C\c2ccc(-c3ccc(-c4cccs4)s3)s2)C(=O)N1C. The Morgan fingerprint density at radius 1 is 1.00 bits per heavy atom. The van der Waals surface area contributed by atoms with Crippen LogP contribution in [0.25, 0.3) is 25.6 Å². The van der Waals surface area contributed by atoms with Crippen molar-refractivity contribution in [1.29, 1.82) is 0 Å². The number of carbonyl (C=O) groups excluding carboxylic acids is 1. The molecule has 1 amide bonds. The highest BCUT2D eigenvalue weighted by Crippen LogP contribution is 2.39. The van der Waals surface area contributed by atoms with Gasteiger partial charge in [0.25, 0.3) is 5.91 Å². The first-order chi connectivity index (χ1) is 11.6. The number of carbonyl (C=O) groups is 1. The molecular formula is C18H14N2OS3. The zero-order valence-corrected chi connectivity index (χ0v) is 15.6. The quantitative estimate of drug-likeness (QED) is 0.565. The molecule has 0 atom stereocenters. The van der Waals surface area contributed by atoms with E-state index in [0.29, 0.717) is 5.70 Å². The summed E-state index contributed by atoms with van der Waals surface area (Å²) < 4.78 is 0. The van der Waals surface area contributed by atoms with Gasteiger partial charge in [0.2, 0.25) is 0 Å². The smallest absolute Gasteiger partial charge is 0.277 e. The zero-order valence-electron chi connectivity index (χ0n) is 13.1. The fourth-order valence-electron chi connectivity index (χ4n) is 2.43. The van der Waals surface area contributed by atoms with Crippen LogP contribution in [0.4, 0.5) is 0 Å². The molecule has 3 aromatic heterocycles. The third-order valence-electron chi connectivity index (χ3n) is 3.81. The second kappa shape index (κ2) is 6.12. The van der Waals surface area contributed by atoms with Gasteiger partial charge in [0.1, 0.15) is 11.5 Å². The standard InChI is InChI=1S/C18H14N2OS3/c1-11-19-13(18(21)20(11)2)10-12-5-6-16(23-12)17-8-7-15(24-17)14-4-3-9-22-14/h3-10H,1-2H3/b13-10-. The lowest BCUT2D eigenvalue weighted by Crippen LogP contribution is -2.25. The minimum Gasteiger partial charge on any atom is -0.298 e. The van der Waals surface area contributed by atoms with E-state index < -0.39 is 0 Å². The number of amides is 1. The summed E-state index contributed by atoms with van der Waals surface area (Å²) in [5.74, 6) is 0.695. The molecule has 0 aliphatic carbocycles. The van der Waals surface area contributed by atoms with E-state index in [4.69, 9.17) is 0 Å². The molecule has 6 heteroatoms. The van der Waals surface area contributed by atoms with Crippen LogP contribution in [0.1, 0.15) is 11.8 Å². The van der Waals surface area contributed by atoms with E-state index in [1.807, 2.05) is 19.1 Å². The normalized spacial score (nSPS) is 16.2. The van der Waals surface area contributed by atoms with Crippen molar-refractivity contribution >= 4 is 51.8 Å². The number of thiophene rings is 3. The first kappa shape index (κ1) is 15.5. The average molecular weight is 371 g/mol. The molecule has 0 unspecified atom stereocenters. The maximum Gasteiger partial charge on any atom is 0.277 e. The van der Waals surface area contributed by atoms with Gasteiger partial charge in [-0.05, 0) is 48.7 Å². The largest absolute Gasteiger partial charge is 0.298 e. The van der Waals surface area contributed by atoms with Crippen molar-refractivity contribution < 1.29 is 4.79 Å². The molecule has 3 nitrogen and oxygen atoms in total. The highest BCUT2D eigenvalue weighted by Gasteiger charge is 2.23. The van der Waals surface area contributed by atoms with E-state index in [2.05, 4.69) is 40.7 Å². The van der Waals surface area contributed by atoms with Crippen molar-refractivity contribution in [2.75, 3.05) is 7.05 Å². The molecule has 0 N–H and O–H groups in total. The fourth-order valence-corrected chi connectivity index (χ4v) is 5.31. The topological polar surface area (TPSA) is 32.7 Å². The minimum absolute atomic E-state index is 0.0430. The number of aliphatic imine (C=N–C) groups is 1. The minimum atomic E-state index is -0.0430. The molecule has 0 saturated heterocycles. The third-order valence-corrected chi connectivity index (χ3v) is 7.19. The second-order valence-electron chi connectivity index (χ2n) is 5.40. The van der Waals surface area contributed by atoms with Gasteiger partial charge in [-0.1, -0.05) is 6.07 Å². The van der Waals surface area contributed by atoms with Crippen molar-refractivity contribution in [2.24, 2.45) is 4.99 Å². The molecule has 0 bridgehead atoms. The molecule has 120 valence electrons. The van der Waals surface area contributed by atoms with Gasteiger partial charge < -0.3 is 0 Å². The van der Waals surface area contributed by atoms with Crippen molar-refractivity contribution in [3.63, 3.8) is 0 Å². The number of rotatable bonds is 3. The van der Waals surface area contributed by atoms with E-state index in [1.54, 1.807) is 46.0 Å². The average Bonchev–Trinajstić information content (AvgIpc) is 3.33. The Morgan fingerprint density at radius 3 is 2.38 bits per heavy atom. The van der Waals surface area contributed by atoms with Crippen LogP contribution in [-0.2, 0) is 4.79 Å². The first-order valence-corrected chi connectivity index (χ1v) is 9.92. The van der Waals surface area contributed by atoms with Crippen molar-refractivity contribution in [3.05, 3.63) is 52.4 Å². The van der Waals surface area contributed by atoms with Crippen LogP contribution in [0.2, 0.25) is 0 Å². The van der Waals surface area contributed by atoms with Crippen molar-refractivity contribution in [3.8, 4) is 19.5 Å². The summed E-state index contributed by atoms with van der Waals surface area (Å²) in [5, 5.41) is 2.10. The number of hydrogen-bond acceptors (Lipinski definition) is 5. The Morgan fingerprint density at radius 2 is 1.71 bits per heavy atom. The van der Waals surface area contributed by atoms with Gasteiger partial charge in [0.05, 0.1) is 0 Å². The maximum absolute atomic E-state index is 12.1. The number of amidine groups is 1. The van der Waals surface area contributed by atoms with Gasteiger partial charge in [0, 0.05) is 31.4 Å². The molecule has 4 heterocycles. The van der Waals surface area contributed by atoms with E-state index in [-0.39, 0.29) is 5.91 Å². The van der Waals surface area contributed by atoms with Crippen LogP contribution in [0.5, 0.6) is 0 Å². The Kier molecular flexibility index (Phi) is 3.96. The molecule has 24 heavy (non-hydrogen) atoms. The van der Waals surface area contributed by atoms with Gasteiger partial charge in [0.15, 0.2) is 0 Å². The van der Waals surface area contributed by atoms with Gasteiger partial charge >= 0.3 is 0 Å². The maximum atomic E-state index is 12.1. The second-order valence-corrected chi connectivity index (χ2v) is 8.54. The summed E-state index contributed by atoms with van der Waals surface area (Å²) in [6.45, 7) is 1.84. The Hall–Kier alpha value is -2.02. The van der Waals surface area contributed by atoms with Gasteiger partial charge in [-0.25, -0.2) is 4.99 Å². The first-order valence-electron chi connectivity index (χ1n) is 7.41. The Bertz CT molecular complexity index is 960. The van der Waals surface area contributed by atoms with E-state index >= 15 is 0 Å². The number of likely N-dealkylation sites (N-methyl/N-ethyl adjacent to an activating group) is 1. The number of hydrogen-bond donors (Lipinski definition) is 0. The third kappa shape index (κ3) is 2.77. The molecule has 0 radical (unpaired) electrons. The lowest BCUT2D eigenvalue weighted by Gasteiger charge is -2.05. The summed E-state index contributed by atoms with van der Waals surface area (Å²) in [6, 6.07) is 12.7. The van der Waals surface area contributed by atoms with E-state index in [9.17, 15) is 4.79 Å². The molecule has 3 aromatic rings. The molecule has 1 aliphatic rings. The lowest BCUT2D eigenvalue weighted by molar-refractivity contribution is -0.121. The van der Waals surface area contributed by atoms with E-state index in [1.165, 1.54) is 19.5 Å². The predicted molar refractivity (Wildman–Crippen MR) is 105 cm³/mol. The van der Waals surface area contributed by atoms with E-state index in [0.717, 1.165) is 10.7 Å². The zero-order chi connectivity index (χ0) is 16.7. The summed E-state index contributed by atoms with van der Waals surface area (Å²) in [7, 11) is 1.75. The van der Waals surface area contributed by atoms with Gasteiger partial charge in [-0.15, -0.1) is 34.0 Å².